The van der Waals surface area contributed by atoms with E-state index in [4.69, 9.17) is 9.47 Å². The van der Waals surface area contributed by atoms with Gasteiger partial charge in [-0.05, 0) is 57.2 Å². The minimum Gasteiger partial charge on any atom is -0.486 e. The third-order valence-corrected chi connectivity index (χ3v) is 7.39. The first-order chi connectivity index (χ1) is 17.6. The molecule has 1 aromatic heterocycles. The van der Waals surface area contributed by atoms with Gasteiger partial charge in [0.1, 0.15) is 23.3 Å². The highest BCUT2D eigenvalue weighted by molar-refractivity contribution is 7.92. The number of alkyl halides is 3. The number of anilines is 2. The Kier molecular flexibility index (Phi) is 7.08. The second-order valence-electron chi connectivity index (χ2n) is 9.77. The molecule has 1 aliphatic heterocycles. The summed E-state index contributed by atoms with van der Waals surface area (Å²) < 4.78 is 81.6. The highest BCUT2D eigenvalue weighted by Crippen LogP contribution is 2.40. The molecule has 1 atom stereocenters. The predicted molar refractivity (Wildman–Crippen MR) is 134 cm³/mol. The number of hydrogen-bond acceptors (Lipinski definition) is 6. The third-order valence-electron chi connectivity index (χ3n) is 5.62. The van der Waals surface area contributed by atoms with E-state index in [1.807, 2.05) is 0 Å². The molecule has 1 amide bonds. The molecule has 0 aliphatic carbocycles. The fraction of sp³-hybridized carbons (Fsp3) is 0.360. The molecule has 3 aromatic rings. The van der Waals surface area contributed by atoms with Crippen molar-refractivity contribution >= 4 is 27.5 Å². The smallest absolute Gasteiger partial charge is 0.416 e. The molecular weight excluding hydrogens is 525 g/mol. The topological polar surface area (TPSA) is 103 Å². The average Bonchev–Trinajstić information content (AvgIpc) is 3.21. The Balaban J connectivity index is 1.74. The second kappa shape index (κ2) is 9.86. The standard InChI is InChI=1S/C25H27F3N4O5S/c1-24(2,3)37-23(33)30-17-8-9-21-20(13-17)32(15-18(36-21)14-22-29-10-11-31(22)4)38(34,35)19-7-5-6-16(12-19)25(26,27)28/h5-13,18H,14-15H2,1-4H3,(H,30,33). The van der Waals surface area contributed by atoms with Gasteiger partial charge in [0.2, 0.25) is 0 Å². The SMILES string of the molecule is Cn1ccnc1CC1CN(S(=O)(=O)c2cccc(C(F)(F)F)c2)c2cc(NC(=O)OC(C)(C)C)ccc2O1. The Morgan fingerprint density at radius 1 is 1.18 bits per heavy atom. The van der Waals surface area contributed by atoms with E-state index < -0.39 is 44.5 Å². The summed E-state index contributed by atoms with van der Waals surface area (Å²) in [5.74, 6) is 0.818. The molecule has 0 fully saturated rings. The van der Waals surface area contributed by atoms with Crippen molar-refractivity contribution in [3.63, 3.8) is 0 Å². The van der Waals surface area contributed by atoms with E-state index in [9.17, 15) is 26.4 Å². The van der Waals surface area contributed by atoms with Gasteiger partial charge in [0.25, 0.3) is 10.0 Å². The number of amides is 1. The van der Waals surface area contributed by atoms with Gasteiger partial charge in [-0.2, -0.15) is 13.2 Å². The van der Waals surface area contributed by atoms with Crippen LogP contribution in [0.1, 0.15) is 32.2 Å². The van der Waals surface area contributed by atoms with E-state index in [2.05, 4.69) is 10.3 Å². The Hall–Kier alpha value is -3.74. The third kappa shape index (κ3) is 6.04. The Morgan fingerprint density at radius 3 is 2.55 bits per heavy atom. The summed E-state index contributed by atoms with van der Waals surface area (Å²) >= 11 is 0. The molecule has 0 bridgehead atoms. The zero-order chi connectivity index (χ0) is 27.9. The summed E-state index contributed by atoms with van der Waals surface area (Å²) in [4.78, 5) is 16.0. The van der Waals surface area contributed by atoms with Crippen LogP contribution < -0.4 is 14.4 Å². The van der Waals surface area contributed by atoms with Gasteiger partial charge in [-0.3, -0.25) is 9.62 Å². The monoisotopic (exact) mass is 552 g/mol. The fourth-order valence-electron chi connectivity index (χ4n) is 3.90. The molecule has 9 nitrogen and oxygen atoms in total. The largest absolute Gasteiger partial charge is 0.486 e. The zero-order valence-electron chi connectivity index (χ0n) is 21.1. The van der Waals surface area contributed by atoms with Crippen LogP contribution in [0.2, 0.25) is 0 Å². The fourth-order valence-corrected chi connectivity index (χ4v) is 5.45. The predicted octanol–water partition coefficient (Wildman–Crippen LogP) is 4.98. The first kappa shape index (κ1) is 27.3. The molecule has 1 aliphatic rings. The number of nitrogens with zero attached hydrogens (tertiary/aromatic N) is 3. The van der Waals surface area contributed by atoms with E-state index in [-0.39, 0.29) is 30.1 Å². The number of ether oxygens (including phenoxy) is 2. The van der Waals surface area contributed by atoms with E-state index in [0.29, 0.717) is 11.9 Å². The lowest BCUT2D eigenvalue weighted by molar-refractivity contribution is -0.137. The van der Waals surface area contributed by atoms with Crippen LogP contribution in [0.3, 0.4) is 0 Å². The van der Waals surface area contributed by atoms with E-state index in [1.165, 1.54) is 18.2 Å². The molecule has 0 radical (unpaired) electrons. The van der Waals surface area contributed by atoms with Crippen molar-refractivity contribution in [1.29, 1.82) is 0 Å². The number of carbonyl (C=O) groups is 1. The van der Waals surface area contributed by atoms with Crippen molar-refractivity contribution in [1.82, 2.24) is 9.55 Å². The van der Waals surface area contributed by atoms with Gasteiger partial charge in [0.05, 0.1) is 22.7 Å². The first-order valence-corrected chi connectivity index (χ1v) is 13.0. The Labute approximate surface area is 218 Å². The van der Waals surface area contributed by atoms with Gasteiger partial charge in [-0.1, -0.05) is 6.07 Å². The lowest BCUT2D eigenvalue weighted by Gasteiger charge is -2.35. The highest BCUT2D eigenvalue weighted by atomic mass is 32.2. The van der Waals surface area contributed by atoms with Crippen molar-refractivity contribution < 1.29 is 35.9 Å². The normalized spacial score (nSPS) is 16.0. The van der Waals surface area contributed by atoms with E-state index in [0.717, 1.165) is 22.5 Å². The van der Waals surface area contributed by atoms with Crippen molar-refractivity contribution in [2.24, 2.45) is 7.05 Å². The maximum absolute atomic E-state index is 13.7. The minimum atomic E-state index is -4.72. The van der Waals surface area contributed by atoms with E-state index in [1.54, 1.807) is 44.8 Å². The van der Waals surface area contributed by atoms with Crippen molar-refractivity contribution in [2.75, 3.05) is 16.2 Å². The Morgan fingerprint density at radius 2 is 1.92 bits per heavy atom. The summed E-state index contributed by atoms with van der Waals surface area (Å²) in [5, 5.41) is 2.54. The second-order valence-corrected chi connectivity index (χ2v) is 11.6. The molecule has 4 rings (SSSR count). The molecule has 2 heterocycles. The van der Waals surface area contributed by atoms with Crippen LogP contribution in [0, 0.1) is 0 Å². The van der Waals surface area contributed by atoms with Gasteiger partial charge in [-0.25, -0.2) is 18.2 Å². The average molecular weight is 553 g/mol. The summed E-state index contributed by atoms with van der Waals surface area (Å²) in [6.07, 6.45) is -2.59. The molecule has 0 spiro atoms. The summed E-state index contributed by atoms with van der Waals surface area (Å²) in [5.41, 5.74) is -1.57. The van der Waals surface area contributed by atoms with Gasteiger partial charge in [0, 0.05) is 31.5 Å². The van der Waals surface area contributed by atoms with Crippen LogP contribution in [0.5, 0.6) is 5.75 Å². The van der Waals surface area contributed by atoms with Gasteiger partial charge >= 0.3 is 12.3 Å². The maximum atomic E-state index is 13.7. The van der Waals surface area contributed by atoms with Crippen molar-refractivity contribution in [3.05, 3.63) is 66.2 Å². The molecule has 0 saturated heterocycles. The van der Waals surface area contributed by atoms with Crippen LogP contribution in [-0.2, 0) is 34.4 Å². The van der Waals surface area contributed by atoms with Crippen LogP contribution in [0.25, 0.3) is 0 Å². The number of aromatic nitrogens is 2. The number of rotatable bonds is 5. The van der Waals surface area contributed by atoms with Crippen molar-refractivity contribution in [3.8, 4) is 5.75 Å². The van der Waals surface area contributed by atoms with Gasteiger partial charge in [0.15, 0.2) is 0 Å². The van der Waals surface area contributed by atoms with Gasteiger partial charge in [-0.15, -0.1) is 0 Å². The van der Waals surface area contributed by atoms with Crippen LogP contribution >= 0.6 is 0 Å². The first-order valence-electron chi connectivity index (χ1n) is 11.6. The zero-order valence-corrected chi connectivity index (χ0v) is 21.9. The van der Waals surface area contributed by atoms with Crippen LogP contribution in [-0.4, -0.2) is 42.3 Å². The molecule has 1 N–H and O–H groups in total. The number of fused-ring (bicyclic) bond motifs is 1. The quantitative estimate of drug-likeness (QED) is 0.479. The number of imidazole rings is 1. The van der Waals surface area contributed by atoms with Gasteiger partial charge < -0.3 is 14.0 Å². The number of aryl methyl sites for hydroxylation is 1. The summed E-state index contributed by atoms with van der Waals surface area (Å²) in [6, 6.07) is 7.93. The van der Waals surface area contributed by atoms with Crippen LogP contribution in [0.15, 0.2) is 59.8 Å². The summed E-state index contributed by atoms with van der Waals surface area (Å²) in [6.45, 7) is 4.88. The van der Waals surface area contributed by atoms with Crippen LogP contribution in [0.4, 0.5) is 29.3 Å². The van der Waals surface area contributed by atoms with Crippen molar-refractivity contribution in [2.45, 2.75) is 50.0 Å². The number of nitrogens with one attached hydrogen (secondary N) is 1. The number of sulfonamides is 1. The molecular formula is C25H27F3N4O5S. The lowest BCUT2D eigenvalue weighted by atomic mass is 10.1. The molecule has 38 heavy (non-hydrogen) atoms. The number of halogens is 3. The molecule has 204 valence electrons. The number of hydrogen-bond donors (Lipinski definition) is 1. The number of benzene rings is 2. The number of carbonyl (C=O) groups excluding carboxylic acids is 1. The lowest BCUT2D eigenvalue weighted by Crippen LogP contribution is -2.44. The molecule has 0 saturated carbocycles. The summed E-state index contributed by atoms with van der Waals surface area (Å²) in [7, 11) is -2.69. The molecule has 2 aromatic carbocycles. The molecule has 1 unspecified atom stereocenters. The van der Waals surface area contributed by atoms with E-state index >= 15 is 0 Å². The molecule has 13 heteroatoms. The minimum absolute atomic E-state index is 0.0621. The highest BCUT2D eigenvalue weighted by Gasteiger charge is 2.37. The Bertz CT molecular complexity index is 1450. The maximum Gasteiger partial charge on any atom is 0.416 e.